The average molecular weight is 153 g/mol. The zero-order valence-electron chi connectivity index (χ0n) is 6.23. The molecule has 4 heteroatoms. The Bertz CT molecular complexity index is 222. The van der Waals surface area contributed by atoms with Crippen LogP contribution in [0.25, 0.3) is 0 Å². The zero-order chi connectivity index (χ0) is 7.68. The van der Waals surface area contributed by atoms with E-state index >= 15 is 0 Å². The third-order valence-corrected chi connectivity index (χ3v) is 2.03. The minimum absolute atomic E-state index is 0.199. The van der Waals surface area contributed by atoms with Crippen LogP contribution in [0, 0.1) is 0 Å². The van der Waals surface area contributed by atoms with Crippen molar-refractivity contribution in [3.8, 4) is 0 Å². The number of hydrogen-bond acceptors (Lipinski definition) is 4. The predicted octanol–water partition coefficient (Wildman–Crippen LogP) is 0.685. The Balaban J connectivity index is 2.16. The molecule has 1 aromatic heterocycles. The minimum atomic E-state index is 0.199. The van der Waals surface area contributed by atoms with E-state index in [1.165, 1.54) is 0 Å². The van der Waals surface area contributed by atoms with E-state index in [1.807, 2.05) is 0 Å². The van der Waals surface area contributed by atoms with Crippen LogP contribution in [0.5, 0.6) is 0 Å². The molecule has 0 spiro atoms. The molecule has 0 aliphatic carbocycles. The summed E-state index contributed by atoms with van der Waals surface area (Å²) in [5.41, 5.74) is 0. The van der Waals surface area contributed by atoms with Gasteiger partial charge in [0, 0.05) is 6.54 Å². The van der Waals surface area contributed by atoms with Gasteiger partial charge in [-0.25, -0.2) is 9.99 Å². The van der Waals surface area contributed by atoms with Gasteiger partial charge in [0.1, 0.15) is 12.3 Å². The molecule has 0 unspecified atom stereocenters. The minimum Gasteiger partial charge on any atom is -0.447 e. The van der Waals surface area contributed by atoms with Gasteiger partial charge in [-0.15, -0.1) is 0 Å². The lowest BCUT2D eigenvalue weighted by Gasteiger charge is -2.14. The third-order valence-electron chi connectivity index (χ3n) is 2.03. The van der Waals surface area contributed by atoms with Gasteiger partial charge in [-0.05, 0) is 12.8 Å². The van der Waals surface area contributed by atoms with Gasteiger partial charge in [-0.2, -0.15) is 0 Å². The van der Waals surface area contributed by atoms with E-state index < -0.39 is 0 Å². The molecule has 0 amide bonds. The molecule has 1 aliphatic heterocycles. The van der Waals surface area contributed by atoms with Gasteiger partial charge < -0.3 is 4.42 Å². The van der Waals surface area contributed by atoms with Crippen LogP contribution in [-0.4, -0.2) is 16.5 Å². The number of nitrogens with zero attached hydrogens (tertiary/aromatic N) is 2. The number of nitrogens with two attached hydrogens (primary N) is 1. The van der Waals surface area contributed by atoms with Crippen LogP contribution in [0.3, 0.4) is 0 Å². The molecular formula is C7H11N3O. The molecular weight excluding hydrogens is 142 g/mol. The molecule has 1 fully saturated rings. The molecule has 4 nitrogen and oxygen atoms in total. The van der Waals surface area contributed by atoms with Crippen LogP contribution in [-0.2, 0) is 0 Å². The van der Waals surface area contributed by atoms with Gasteiger partial charge in [0.05, 0.1) is 6.20 Å². The van der Waals surface area contributed by atoms with Gasteiger partial charge in [0.2, 0.25) is 5.89 Å². The summed E-state index contributed by atoms with van der Waals surface area (Å²) in [7, 11) is 0. The Labute approximate surface area is 65.0 Å². The lowest BCUT2D eigenvalue weighted by Crippen LogP contribution is -2.30. The Morgan fingerprint density at radius 2 is 2.64 bits per heavy atom. The highest BCUT2D eigenvalue weighted by Crippen LogP contribution is 2.27. The van der Waals surface area contributed by atoms with Crippen molar-refractivity contribution in [1.29, 1.82) is 0 Å². The second-order valence-electron chi connectivity index (χ2n) is 2.77. The van der Waals surface area contributed by atoms with Gasteiger partial charge in [-0.3, -0.25) is 5.84 Å². The summed E-state index contributed by atoms with van der Waals surface area (Å²) in [6, 6.07) is 0.199. The first-order chi connectivity index (χ1) is 5.38. The molecule has 1 atom stereocenters. The number of hydrogen-bond donors (Lipinski definition) is 1. The molecule has 0 bridgehead atoms. The third kappa shape index (κ3) is 1.15. The zero-order valence-corrected chi connectivity index (χ0v) is 6.23. The Morgan fingerprint density at radius 3 is 3.18 bits per heavy atom. The average Bonchev–Trinajstić information content (AvgIpc) is 2.55. The van der Waals surface area contributed by atoms with E-state index in [9.17, 15) is 0 Å². The summed E-state index contributed by atoms with van der Waals surface area (Å²) in [6.45, 7) is 0.938. The fourth-order valence-electron chi connectivity index (χ4n) is 1.45. The molecule has 2 N–H and O–H groups in total. The van der Waals surface area contributed by atoms with Gasteiger partial charge in [0.25, 0.3) is 0 Å². The monoisotopic (exact) mass is 153 g/mol. The molecule has 2 rings (SSSR count). The van der Waals surface area contributed by atoms with Crippen LogP contribution < -0.4 is 5.84 Å². The lowest BCUT2D eigenvalue weighted by atomic mass is 10.2. The van der Waals surface area contributed by atoms with Crippen LogP contribution in [0.1, 0.15) is 24.8 Å². The van der Waals surface area contributed by atoms with Crippen molar-refractivity contribution >= 4 is 0 Å². The number of rotatable bonds is 1. The van der Waals surface area contributed by atoms with E-state index in [-0.39, 0.29) is 6.04 Å². The van der Waals surface area contributed by atoms with Gasteiger partial charge in [-0.1, -0.05) is 0 Å². The van der Waals surface area contributed by atoms with Crippen molar-refractivity contribution in [3.05, 3.63) is 18.4 Å². The summed E-state index contributed by atoms with van der Waals surface area (Å²) in [5, 5.41) is 1.78. The molecule has 0 radical (unpaired) electrons. The van der Waals surface area contributed by atoms with Crippen molar-refractivity contribution in [1.82, 2.24) is 9.99 Å². The lowest BCUT2D eigenvalue weighted by molar-refractivity contribution is 0.228. The summed E-state index contributed by atoms with van der Waals surface area (Å²) in [5.74, 6) is 6.44. The van der Waals surface area contributed by atoms with Crippen molar-refractivity contribution in [2.24, 2.45) is 5.84 Å². The standard InChI is InChI=1S/C7H11N3O/c8-10-4-1-2-6(10)7-9-3-5-11-7/h3,5-6H,1-2,4,8H2/t6-/m0/s1. The molecule has 60 valence electrons. The Kier molecular flexibility index (Phi) is 1.63. The maximum atomic E-state index is 5.70. The van der Waals surface area contributed by atoms with Crippen molar-refractivity contribution in [2.45, 2.75) is 18.9 Å². The van der Waals surface area contributed by atoms with E-state index in [2.05, 4.69) is 4.98 Å². The predicted molar refractivity (Wildman–Crippen MR) is 39.4 cm³/mol. The molecule has 0 aromatic carbocycles. The first kappa shape index (κ1) is 6.82. The first-order valence-corrected chi connectivity index (χ1v) is 3.78. The van der Waals surface area contributed by atoms with E-state index in [0.717, 1.165) is 25.3 Å². The summed E-state index contributed by atoms with van der Waals surface area (Å²) in [6.07, 6.45) is 5.42. The second-order valence-corrected chi connectivity index (χ2v) is 2.77. The first-order valence-electron chi connectivity index (χ1n) is 3.78. The van der Waals surface area contributed by atoms with Crippen LogP contribution >= 0.6 is 0 Å². The maximum absolute atomic E-state index is 5.70. The number of oxazole rings is 1. The normalized spacial score (nSPS) is 26.1. The molecule has 1 aliphatic rings. The highest BCUT2D eigenvalue weighted by Gasteiger charge is 2.26. The second kappa shape index (κ2) is 2.64. The Hall–Kier alpha value is -0.870. The summed E-state index contributed by atoms with van der Waals surface area (Å²) >= 11 is 0. The van der Waals surface area contributed by atoms with E-state index in [4.69, 9.17) is 10.3 Å². The quantitative estimate of drug-likeness (QED) is 0.603. The van der Waals surface area contributed by atoms with Crippen LogP contribution in [0.2, 0.25) is 0 Å². The fourth-order valence-corrected chi connectivity index (χ4v) is 1.45. The Morgan fingerprint density at radius 1 is 1.73 bits per heavy atom. The van der Waals surface area contributed by atoms with Crippen LogP contribution in [0.15, 0.2) is 16.9 Å². The summed E-state index contributed by atoms with van der Waals surface area (Å²) in [4.78, 5) is 4.06. The molecule has 2 heterocycles. The van der Waals surface area contributed by atoms with Crippen molar-refractivity contribution in [3.63, 3.8) is 0 Å². The van der Waals surface area contributed by atoms with Crippen molar-refractivity contribution in [2.75, 3.05) is 6.54 Å². The van der Waals surface area contributed by atoms with Crippen molar-refractivity contribution < 1.29 is 4.42 Å². The number of aromatic nitrogens is 1. The van der Waals surface area contributed by atoms with Crippen LogP contribution in [0.4, 0.5) is 0 Å². The smallest absolute Gasteiger partial charge is 0.212 e. The SMILES string of the molecule is NN1CCC[C@H]1c1ncco1. The van der Waals surface area contributed by atoms with E-state index in [1.54, 1.807) is 17.5 Å². The van der Waals surface area contributed by atoms with Gasteiger partial charge >= 0.3 is 0 Å². The van der Waals surface area contributed by atoms with E-state index in [0.29, 0.717) is 0 Å². The summed E-state index contributed by atoms with van der Waals surface area (Å²) < 4.78 is 5.16. The highest BCUT2D eigenvalue weighted by atomic mass is 16.3. The largest absolute Gasteiger partial charge is 0.447 e. The van der Waals surface area contributed by atoms with Gasteiger partial charge in [0.15, 0.2) is 0 Å². The fraction of sp³-hybridized carbons (Fsp3) is 0.571. The highest BCUT2D eigenvalue weighted by molar-refractivity contribution is 4.92. The molecule has 11 heavy (non-hydrogen) atoms. The maximum Gasteiger partial charge on any atom is 0.212 e. The molecule has 0 saturated carbocycles. The topological polar surface area (TPSA) is 55.3 Å². The molecule has 1 saturated heterocycles. The number of hydrazine groups is 1. The molecule has 1 aromatic rings.